The molecule has 86 valence electrons. The molecular weight excluding hydrogens is 212 g/mol. The molecule has 0 saturated heterocycles. The maximum atomic E-state index is 11.6. The van der Waals surface area contributed by atoms with Gasteiger partial charge in [-0.2, -0.15) is 9.50 Å². The fraction of sp³-hybridized carbons (Fsp3) is 0.444. The van der Waals surface area contributed by atoms with Crippen molar-refractivity contribution in [1.29, 1.82) is 0 Å². The van der Waals surface area contributed by atoms with Gasteiger partial charge in [-0.3, -0.25) is 9.89 Å². The summed E-state index contributed by atoms with van der Waals surface area (Å²) in [6, 6.07) is 1.41. The molecule has 0 amide bonds. The standard InChI is InChI=1S/C9H12N4O3/c1-15-4-6-3-8(14)13-9(10-6)11-7(12-13)5-16-2/h3H,4-5H2,1-2H3,(H,10,11,12). The van der Waals surface area contributed by atoms with Crippen molar-refractivity contribution in [2.75, 3.05) is 14.2 Å². The zero-order valence-corrected chi connectivity index (χ0v) is 9.06. The highest BCUT2D eigenvalue weighted by Crippen LogP contribution is 1.99. The molecule has 2 aromatic rings. The summed E-state index contributed by atoms with van der Waals surface area (Å²) in [6.45, 7) is 0.598. The number of H-pyrrole nitrogens is 1. The van der Waals surface area contributed by atoms with E-state index in [9.17, 15) is 4.79 Å². The molecule has 0 radical (unpaired) electrons. The third kappa shape index (κ3) is 1.95. The summed E-state index contributed by atoms with van der Waals surface area (Å²) in [4.78, 5) is 19.9. The Kier molecular flexibility index (Phi) is 2.97. The van der Waals surface area contributed by atoms with E-state index < -0.39 is 0 Å². The molecule has 0 saturated carbocycles. The monoisotopic (exact) mass is 224 g/mol. The lowest BCUT2D eigenvalue weighted by Gasteiger charge is -1.97. The minimum absolute atomic E-state index is 0.216. The molecule has 0 aliphatic rings. The van der Waals surface area contributed by atoms with Gasteiger partial charge in [0.25, 0.3) is 11.3 Å². The van der Waals surface area contributed by atoms with Crippen LogP contribution in [0.5, 0.6) is 0 Å². The highest BCUT2D eigenvalue weighted by atomic mass is 16.5. The Morgan fingerprint density at radius 3 is 2.75 bits per heavy atom. The predicted octanol–water partition coefficient (Wildman–Crippen LogP) is -0.290. The largest absolute Gasteiger partial charge is 0.378 e. The average molecular weight is 224 g/mol. The lowest BCUT2D eigenvalue weighted by atomic mass is 10.4. The van der Waals surface area contributed by atoms with Gasteiger partial charge in [0.15, 0.2) is 5.82 Å². The van der Waals surface area contributed by atoms with Crippen molar-refractivity contribution in [1.82, 2.24) is 19.6 Å². The van der Waals surface area contributed by atoms with Crippen LogP contribution in [-0.4, -0.2) is 33.8 Å². The van der Waals surface area contributed by atoms with Crippen LogP contribution in [0.3, 0.4) is 0 Å². The van der Waals surface area contributed by atoms with Crippen LogP contribution in [0.4, 0.5) is 0 Å². The Morgan fingerprint density at radius 2 is 2.06 bits per heavy atom. The number of ether oxygens (including phenoxy) is 2. The molecule has 16 heavy (non-hydrogen) atoms. The molecule has 0 spiro atoms. The predicted molar refractivity (Wildman–Crippen MR) is 55.0 cm³/mol. The first-order chi connectivity index (χ1) is 7.74. The highest BCUT2D eigenvalue weighted by Gasteiger charge is 2.07. The van der Waals surface area contributed by atoms with Gasteiger partial charge in [0.1, 0.15) is 6.61 Å². The molecule has 0 unspecified atom stereocenters. The number of methoxy groups -OCH3 is 2. The molecule has 0 bridgehead atoms. The Hall–Kier alpha value is -1.73. The second kappa shape index (κ2) is 4.42. The summed E-state index contributed by atoms with van der Waals surface area (Å²) in [5.41, 5.74) is 0.342. The van der Waals surface area contributed by atoms with Crippen LogP contribution in [0, 0.1) is 0 Å². The van der Waals surface area contributed by atoms with E-state index in [1.54, 1.807) is 14.2 Å². The van der Waals surface area contributed by atoms with Crippen molar-refractivity contribution in [3.63, 3.8) is 0 Å². The fourth-order valence-electron chi connectivity index (χ4n) is 1.39. The molecular formula is C9H12N4O3. The maximum absolute atomic E-state index is 11.6. The quantitative estimate of drug-likeness (QED) is 0.771. The Morgan fingerprint density at radius 1 is 1.31 bits per heavy atom. The minimum atomic E-state index is -0.216. The molecule has 2 heterocycles. The summed E-state index contributed by atoms with van der Waals surface area (Å²) >= 11 is 0. The molecule has 2 rings (SSSR count). The fourth-order valence-corrected chi connectivity index (χ4v) is 1.39. The number of rotatable bonds is 4. The third-order valence-electron chi connectivity index (χ3n) is 2.00. The number of nitrogens with one attached hydrogen (secondary N) is 1. The average Bonchev–Trinajstić information content (AvgIpc) is 2.62. The highest BCUT2D eigenvalue weighted by molar-refractivity contribution is 5.27. The number of hydrogen-bond donors (Lipinski definition) is 1. The topological polar surface area (TPSA) is 81.5 Å². The van der Waals surface area contributed by atoms with Crippen LogP contribution in [0.25, 0.3) is 5.78 Å². The van der Waals surface area contributed by atoms with Crippen molar-refractivity contribution in [3.8, 4) is 0 Å². The Bertz CT molecular complexity index is 545. The van der Waals surface area contributed by atoms with E-state index in [1.165, 1.54) is 10.6 Å². The van der Waals surface area contributed by atoms with Crippen molar-refractivity contribution in [3.05, 3.63) is 27.9 Å². The van der Waals surface area contributed by atoms with Crippen LogP contribution in [0.2, 0.25) is 0 Å². The van der Waals surface area contributed by atoms with Crippen LogP contribution >= 0.6 is 0 Å². The summed E-state index contributed by atoms with van der Waals surface area (Å²) in [6.07, 6.45) is 0. The zero-order chi connectivity index (χ0) is 11.5. The number of aromatic nitrogens is 4. The molecule has 1 N–H and O–H groups in total. The maximum Gasteiger partial charge on any atom is 0.274 e. The molecule has 0 fully saturated rings. The Labute approximate surface area is 91.0 Å². The van der Waals surface area contributed by atoms with Crippen LogP contribution < -0.4 is 5.56 Å². The number of hydrogen-bond acceptors (Lipinski definition) is 5. The van der Waals surface area contributed by atoms with Gasteiger partial charge in [-0.1, -0.05) is 0 Å². The molecule has 2 aromatic heterocycles. The molecule has 0 aliphatic carbocycles. The lowest BCUT2D eigenvalue weighted by Crippen LogP contribution is -2.16. The van der Waals surface area contributed by atoms with Gasteiger partial charge in [0, 0.05) is 20.3 Å². The molecule has 0 aliphatic heterocycles. The zero-order valence-electron chi connectivity index (χ0n) is 9.06. The smallest absolute Gasteiger partial charge is 0.274 e. The number of fused-ring (bicyclic) bond motifs is 1. The summed E-state index contributed by atoms with van der Waals surface area (Å²) in [5.74, 6) is 0.883. The van der Waals surface area contributed by atoms with Crippen molar-refractivity contribution in [2.45, 2.75) is 13.2 Å². The van der Waals surface area contributed by atoms with E-state index in [-0.39, 0.29) is 12.2 Å². The van der Waals surface area contributed by atoms with Gasteiger partial charge in [-0.15, -0.1) is 0 Å². The van der Waals surface area contributed by atoms with Crippen LogP contribution in [-0.2, 0) is 22.7 Å². The third-order valence-corrected chi connectivity index (χ3v) is 2.00. The van der Waals surface area contributed by atoms with Gasteiger partial charge >= 0.3 is 0 Å². The number of aromatic amines is 1. The SMILES string of the molecule is COCc1cc(=O)n2[nH]c(COC)nc2n1. The van der Waals surface area contributed by atoms with Crippen molar-refractivity contribution < 1.29 is 9.47 Å². The second-order valence-corrected chi connectivity index (χ2v) is 3.26. The van der Waals surface area contributed by atoms with Gasteiger partial charge < -0.3 is 9.47 Å². The lowest BCUT2D eigenvalue weighted by molar-refractivity contribution is 0.178. The second-order valence-electron chi connectivity index (χ2n) is 3.26. The van der Waals surface area contributed by atoms with E-state index in [1.807, 2.05) is 0 Å². The van der Waals surface area contributed by atoms with Crippen molar-refractivity contribution in [2.24, 2.45) is 0 Å². The van der Waals surface area contributed by atoms with E-state index in [4.69, 9.17) is 9.47 Å². The first-order valence-corrected chi connectivity index (χ1v) is 4.70. The van der Waals surface area contributed by atoms with E-state index in [0.717, 1.165) is 0 Å². The van der Waals surface area contributed by atoms with Crippen LogP contribution in [0.1, 0.15) is 11.5 Å². The van der Waals surface area contributed by atoms with Gasteiger partial charge in [0.05, 0.1) is 12.3 Å². The first-order valence-electron chi connectivity index (χ1n) is 4.70. The first kappa shape index (κ1) is 10.8. The van der Waals surface area contributed by atoms with Gasteiger partial charge in [-0.05, 0) is 0 Å². The minimum Gasteiger partial charge on any atom is -0.378 e. The molecule has 0 aromatic carbocycles. The van der Waals surface area contributed by atoms with Crippen molar-refractivity contribution >= 4 is 5.78 Å². The summed E-state index contributed by atoms with van der Waals surface area (Å²) < 4.78 is 11.1. The normalized spacial score (nSPS) is 11.1. The number of nitrogens with zero attached hydrogens (tertiary/aromatic N) is 3. The van der Waals surface area contributed by atoms with Gasteiger partial charge in [-0.25, -0.2) is 4.98 Å². The Balaban J connectivity index is 2.50. The van der Waals surface area contributed by atoms with Crippen LogP contribution in [0.15, 0.2) is 10.9 Å². The van der Waals surface area contributed by atoms with E-state index >= 15 is 0 Å². The van der Waals surface area contributed by atoms with E-state index in [0.29, 0.717) is 23.9 Å². The molecule has 7 heteroatoms. The summed E-state index contributed by atoms with van der Waals surface area (Å²) in [7, 11) is 3.10. The molecule has 0 atom stereocenters. The summed E-state index contributed by atoms with van der Waals surface area (Å²) in [5, 5.41) is 2.80. The van der Waals surface area contributed by atoms with Gasteiger partial charge in [0.2, 0.25) is 0 Å². The molecule has 7 nitrogen and oxygen atoms in total. The van der Waals surface area contributed by atoms with E-state index in [2.05, 4.69) is 15.1 Å².